The molecule has 3 N–H and O–H groups in total. The molecule has 2 aromatic carbocycles. The normalized spacial score (nSPS) is 10.2. The number of rotatable bonds is 6. The molecule has 0 radical (unpaired) electrons. The van der Waals surface area contributed by atoms with Crippen molar-refractivity contribution in [3.05, 3.63) is 51.5 Å². The summed E-state index contributed by atoms with van der Waals surface area (Å²) in [6, 6.07) is 8.05. The second kappa shape index (κ2) is 8.09. The van der Waals surface area contributed by atoms with Gasteiger partial charge in [-0.1, -0.05) is 29.3 Å². The molecule has 0 aliphatic rings. The summed E-state index contributed by atoms with van der Waals surface area (Å²) in [5.74, 6) is -0.712. The summed E-state index contributed by atoms with van der Waals surface area (Å²) in [4.78, 5) is 23.3. The zero-order valence-corrected chi connectivity index (χ0v) is 15.1. The lowest BCUT2D eigenvalue weighted by molar-refractivity contribution is -0.119. The number of hydrogen-bond acceptors (Lipinski definition) is 4. The van der Waals surface area contributed by atoms with Crippen molar-refractivity contribution in [2.45, 2.75) is 6.92 Å². The molecule has 6 nitrogen and oxygen atoms in total. The third-order valence-corrected chi connectivity index (χ3v) is 3.97. The number of methoxy groups -OCH3 is 1. The summed E-state index contributed by atoms with van der Waals surface area (Å²) in [6.07, 6.45) is 0. The van der Waals surface area contributed by atoms with Crippen LogP contribution in [0.5, 0.6) is 11.5 Å². The fourth-order valence-corrected chi connectivity index (χ4v) is 2.45. The maximum atomic E-state index is 12.4. The van der Waals surface area contributed by atoms with Gasteiger partial charge >= 0.3 is 0 Å². The number of carbonyl (C=O) groups is 2. The average molecular weight is 383 g/mol. The summed E-state index contributed by atoms with van der Waals surface area (Å²) in [6.45, 7) is 1.51. The van der Waals surface area contributed by atoms with Crippen molar-refractivity contribution in [2.24, 2.45) is 5.73 Å². The fraction of sp³-hybridized carbons (Fsp3) is 0.176. The Morgan fingerprint density at radius 2 is 1.88 bits per heavy atom. The molecule has 2 aromatic rings. The van der Waals surface area contributed by atoms with Crippen LogP contribution in [-0.2, 0) is 4.79 Å². The topological polar surface area (TPSA) is 90.7 Å². The van der Waals surface area contributed by atoms with Gasteiger partial charge in [0.1, 0.15) is 0 Å². The van der Waals surface area contributed by atoms with Crippen molar-refractivity contribution < 1.29 is 19.1 Å². The highest BCUT2D eigenvalue weighted by Crippen LogP contribution is 2.36. The molecular formula is C17H16Cl2N2O4. The Bertz CT molecular complexity index is 825. The van der Waals surface area contributed by atoms with E-state index >= 15 is 0 Å². The van der Waals surface area contributed by atoms with Crippen LogP contribution in [0.2, 0.25) is 10.0 Å². The van der Waals surface area contributed by atoms with Gasteiger partial charge in [-0.2, -0.15) is 0 Å². The third kappa shape index (κ3) is 4.78. The van der Waals surface area contributed by atoms with Gasteiger partial charge in [0.15, 0.2) is 18.1 Å². The van der Waals surface area contributed by atoms with Gasteiger partial charge in [0.05, 0.1) is 12.1 Å². The Morgan fingerprint density at radius 3 is 2.48 bits per heavy atom. The Morgan fingerprint density at radius 1 is 1.16 bits per heavy atom. The quantitative estimate of drug-likeness (QED) is 0.800. The number of nitrogens with two attached hydrogens (primary N) is 1. The largest absolute Gasteiger partial charge is 0.493 e. The van der Waals surface area contributed by atoms with Crippen LogP contribution in [0.4, 0.5) is 5.69 Å². The van der Waals surface area contributed by atoms with Crippen LogP contribution >= 0.6 is 23.2 Å². The highest BCUT2D eigenvalue weighted by atomic mass is 35.5. The number of carbonyl (C=O) groups excluding carboxylic acids is 2. The van der Waals surface area contributed by atoms with Gasteiger partial charge in [-0.15, -0.1) is 0 Å². The predicted molar refractivity (Wildman–Crippen MR) is 96.8 cm³/mol. The monoisotopic (exact) mass is 382 g/mol. The Labute approximate surface area is 154 Å². The average Bonchev–Trinajstić information content (AvgIpc) is 2.56. The number of amides is 2. The zero-order chi connectivity index (χ0) is 18.6. The molecule has 0 aromatic heterocycles. The number of primary amides is 1. The molecule has 0 heterocycles. The molecule has 2 rings (SSSR count). The van der Waals surface area contributed by atoms with Crippen LogP contribution < -0.4 is 20.5 Å². The smallest absolute Gasteiger partial charge is 0.255 e. The van der Waals surface area contributed by atoms with E-state index in [2.05, 4.69) is 5.32 Å². The number of anilines is 1. The molecule has 2 amide bonds. The number of ether oxygens (including phenoxy) is 2. The fourth-order valence-electron chi connectivity index (χ4n) is 2.01. The maximum absolute atomic E-state index is 12.4. The molecule has 0 saturated heterocycles. The number of benzene rings is 2. The maximum Gasteiger partial charge on any atom is 0.255 e. The Hall–Kier alpha value is -2.44. The lowest BCUT2D eigenvalue weighted by Crippen LogP contribution is -2.20. The molecule has 132 valence electrons. The first-order valence-electron chi connectivity index (χ1n) is 7.18. The van der Waals surface area contributed by atoms with Crippen molar-refractivity contribution in [3.63, 3.8) is 0 Å². The van der Waals surface area contributed by atoms with E-state index in [1.807, 2.05) is 6.92 Å². The van der Waals surface area contributed by atoms with Gasteiger partial charge < -0.3 is 20.5 Å². The summed E-state index contributed by atoms with van der Waals surface area (Å²) in [7, 11) is 1.39. The first kappa shape index (κ1) is 18.9. The standard InChI is InChI=1S/C17H16Cl2N2O4/c1-9-3-4-11(7-12(9)18)21-17(23)10-5-13(19)16(14(6-10)24-2)25-8-15(20)22/h3-7H,8H2,1-2H3,(H2,20,22)(H,21,23). The second-order valence-electron chi connectivity index (χ2n) is 5.16. The number of nitrogens with one attached hydrogen (secondary N) is 1. The van der Waals surface area contributed by atoms with Crippen molar-refractivity contribution in [1.82, 2.24) is 0 Å². The lowest BCUT2D eigenvalue weighted by Gasteiger charge is -2.13. The summed E-state index contributed by atoms with van der Waals surface area (Å²) < 4.78 is 10.4. The van der Waals surface area contributed by atoms with Crippen molar-refractivity contribution in [3.8, 4) is 11.5 Å². The highest BCUT2D eigenvalue weighted by Gasteiger charge is 2.17. The molecular weight excluding hydrogens is 367 g/mol. The highest BCUT2D eigenvalue weighted by molar-refractivity contribution is 6.33. The molecule has 8 heteroatoms. The lowest BCUT2D eigenvalue weighted by atomic mass is 10.1. The molecule has 0 bridgehead atoms. The van der Waals surface area contributed by atoms with Gasteiger partial charge in [-0.3, -0.25) is 9.59 Å². The van der Waals surface area contributed by atoms with Crippen molar-refractivity contribution >= 4 is 40.7 Å². The predicted octanol–water partition coefficient (Wildman–Crippen LogP) is 3.43. The van der Waals surface area contributed by atoms with E-state index in [0.717, 1.165) is 5.56 Å². The molecule has 25 heavy (non-hydrogen) atoms. The van der Waals surface area contributed by atoms with Crippen LogP contribution in [-0.4, -0.2) is 25.5 Å². The zero-order valence-electron chi connectivity index (χ0n) is 13.6. The van der Waals surface area contributed by atoms with E-state index in [1.54, 1.807) is 18.2 Å². The minimum Gasteiger partial charge on any atom is -0.493 e. The Kier molecular flexibility index (Phi) is 6.12. The van der Waals surface area contributed by atoms with Gasteiger partial charge in [-0.05, 0) is 36.8 Å². The molecule has 0 saturated carbocycles. The number of halogens is 2. The van der Waals surface area contributed by atoms with Crippen molar-refractivity contribution in [1.29, 1.82) is 0 Å². The SMILES string of the molecule is COc1cc(C(=O)Nc2ccc(C)c(Cl)c2)cc(Cl)c1OCC(N)=O. The summed E-state index contributed by atoms with van der Waals surface area (Å²) in [5.41, 5.74) is 6.75. The van der Waals surface area contributed by atoms with Gasteiger partial charge in [0.2, 0.25) is 0 Å². The molecule has 0 atom stereocenters. The van der Waals surface area contributed by atoms with E-state index in [0.29, 0.717) is 10.7 Å². The third-order valence-electron chi connectivity index (χ3n) is 3.28. The van der Waals surface area contributed by atoms with Crippen LogP contribution in [0.25, 0.3) is 0 Å². The first-order valence-corrected chi connectivity index (χ1v) is 7.93. The van der Waals surface area contributed by atoms with Crippen LogP contribution in [0.1, 0.15) is 15.9 Å². The van der Waals surface area contributed by atoms with Crippen LogP contribution in [0.15, 0.2) is 30.3 Å². The molecule has 0 spiro atoms. The minimum atomic E-state index is -0.656. The van der Waals surface area contributed by atoms with Gasteiger partial charge in [-0.25, -0.2) is 0 Å². The minimum absolute atomic E-state index is 0.118. The molecule has 0 aliphatic heterocycles. The van der Waals surface area contributed by atoms with Gasteiger partial charge in [0, 0.05) is 16.3 Å². The van der Waals surface area contributed by atoms with E-state index in [-0.39, 0.29) is 28.7 Å². The van der Waals surface area contributed by atoms with E-state index in [9.17, 15) is 9.59 Å². The summed E-state index contributed by atoms with van der Waals surface area (Å²) >= 11 is 12.2. The summed E-state index contributed by atoms with van der Waals surface area (Å²) in [5, 5.41) is 3.39. The van der Waals surface area contributed by atoms with E-state index in [4.69, 9.17) is 38.4 Å². The second-order valence-corrected chi connectivity index (χ2v) is 5.98. The van der Waals surface area contributed by atoms with E-state index in [1.165, 1.54) is 19.2 Å². The number of hydrogen-bond donors (Lipinski definition) is 2. The van der Waals surface area contributed by atoms with Gasteiger partial charge in [0.25, 0.3) is 11.8 Å². The van der Waals surface area contributed by atoms with E-state index < -0.39 is 11.8 Å². The van der Waals surface area contributed by atoms with Crippen LogP contribution in [0.3, 0.4) is 0 Å². The number of aryl methyl sites for hydroxylation is 1. The van der Waals surface area contributed by atoms with Crippen LogP contribution in [0, 0.1) is 6.92 Å². The molecule has 0 aliphatic carbocycles. The first-order chi connectivity index (χ1) is 11.8. The molecule has 0 fully saturated rings. The van der Waals surface area contributed by atoms with Crippen molar-refractivity contribution in [2.75, 3.05) is 19.0 Å². The Balaban J connectivity index is 2.26. The molecule has 0 unspecified atom stereocenters.